The average Bonchev–Trinajstić information content (AvgIpc) is 2.29. The summed E-state index contributed by atoms with van der Waals surface area (Å²) in [7, 11) is -3.36. The zero-order valence-corrected chi connectivity index (χ0v) is 12.0. The molecule has 102 valence electrons. The number of sulfonamides is 1. The third-order valence-corrected chi connectivity index (χ3v) is 5.24. The van der Waals surface area contributed by atoms with Gasteiger partial charge in [0.2, 0.25) is 10.0 Å². The first-order valence-corrected chi connectivity index (χ1v) is 7.73. The largest absolute Gasteiger partial charge is 0.329 e. The Balaban J connectivity index is 2.88. The van der Waals surface area contributed by atoms with Gasteiger partial charge < -0.3 is 5.73 Å². The SMILES string of the molecule is CCC(CN)S(=O)(=O)NC(C)c1ccccc1C. The summed E-state index contributed by atoms with van der Waals surface area (Å²) < 4.78 is 26.9. The molecule has 0 saturated heterocycles. The van der Waals surface area contributed by atoms with Crippen LogP contribution in [0.5, 0.6) is 0 Å². The molecule has 2 atom stereocenters. The topological polar surface area (TPSA) is 72.2 Å². The Morgan fingerprint density at radius 3 is 2.44 bits per heavy atom. The molecule has 1 aromatic rings. The van der Waals surface area contributed by atoms with Gasteiger partial charge in [0.25, 0.3) is 0 Å². The van der Waals surface area contributed by atoms with E-state index in [1.54, 1.807) is 0 Å². The maximum Gasteiger partial charge on any atom is 0.216 e. The summed E-state index contributed by atoms with van der Waals surface area (Å²) in [5.41, 5.74) is 7.57. The molecule has 3 N–H and O–H groups in total. The number of rotatable bonds is 6. The average molecular weight is 270 g/mol. The van der Waals surface area contributed by atoms with E-state index >= 15 is 0 Å². The molecule has 18 heavy (non-hydrogen) atoms. The van der Waals surface area contributed by atoms with Crippen LogP contribution in [0.2, 0.25) is 0 Å². The minimum Gasteiger partial charge on any atom is -0.329 e. The van der Waals surface area contributed by atoms with Crippen LogP contribution in [0.25, 0.3) is 0 Å². The number of hydrogen-bond donors (Lipinski definition) is 2. The van der Waals surface area contributed by atoms with E-state index in [4.69, 9.17) is 5.73 Å². The van der Waals surface area contributed by atoms with Gasteiger partial charge in [0, 0.05) is 12.6 Å². The minimum atomic E-state index is -3.36. The monoisotopic (exact) mass is 270 g/mol. The van der Waals surface area contributed by atoms with Crippen LogP contribution in [0.3, 0.4) is 0 Å². The van der Waals surface area contributed by atoms with E-state index in [1.165, 1.54) is 0 Å². The zero-order valence-electron chi connectivity index (χ0n) is 11.2. The van der Waals surface area contributed by atoms with E-state index in [0.717, 1.165) is 11.1 Å². The number of aryl methyl sites for hydroxylation is 1. The van der Waals surface area contributed by atoms with Gasteiger partial charge in [0.1, 0.15) is 0 Å². The molecular weight excluding hydrogens is 248 g/mol. The van der Waals surface area contributed by atoms with Crippen LogP contribution in [-0.4, -0.2) is 20.2 Å². The number of benzene rings is 1. The molecule has 0 bridgehead atoms. The fraction of sp³-hybridized carbons (Fsp3) is 0.538. The lowest BCUT2D eigenvalue weighted by Gasteiger charge is -2.20. The van der Waals surface area contributed by atoms with Crippen LogP contribution >= 0.6 is 0 Å². The van der Waals surface area contributed by atoms with Gasteiger partial charge in [-0.1, -0.05) is 31.2 Å². The fourth-order valence-corrected chi connectivity index (χ4v) is 3.50. The second-order valence-electron chi connectivity index (χ2n) is 4.51. The molecule has 5 heteroatoms. The van der Waals surface area contributed by atoms with Crippen LogP contribution in [0.1, 0.15) is 37.4 Å². The van der Waals surface area contributed by atoms with Crippen LogP contribution in [0.15, 0.2) is 24.3 Å². The summed E-state index contributed by atoms with van der Waals surface area (Å²) >= 11 is 0. The van der Waals surface area contributed by atoms with Crippen molar-refractivity contribution in [2.45, 2.75) is 38.5 Å². The van der Waals surface area contributed by atoms with Gasteiger partial charge in [-0.2, -0.15) is 0 Å². The first-order valence-electron chi connectivity index (χ1n) is 6.19. The highest BCUT2D eigenvalue weighted by Gasteiger charge is 2.24. The highest BCUT2D eigenvalue weighted by molar-refractivity contribution is 7.90. The highest BCUT2D eigenvalue weighted by Crippen LogP contribution is 2.18. The highest BCUT2D eigenvalue weighted by atomic mass is 32.2. The normalized spacial score (nSPS) is 15.3. The smallest absolute Gasteiger partial charge is 0.216 e. The molecule has 0 fully saturated rings. The summed E-state index contributed by atoms with van der Waals surface area (Å²) in [6, 6.07) is 7.52. The minimum absolute atomic E-state index is 0.145. The zero-order chi connectivity index (χ0) is 13.8. The molecule has 0 aliphatic rings. The van der Waals surface area contributed by atoms with Crippen molar-refractivity contribution in [1.29, 1.82) is 0 Å². The number of nitrogens with two attached hydrogens (primary N) is 1. The maximum absolute atomic E-state index is 12.1. The van der Waals surface area contributed by atoms with Gasteiger partial charge in [-0.3, -0.25) is 0 Å². The Morgan fingerprint density at radius 1 is 1.33 bits per heavy atom. The Bertz CT molecular complexity index is 482. The van der Waals surface area contributed by atoms with Crippen molar-refractivity contribution in [2.75, 3.05) is 6.54 Å². The molecule has 0 aromatic heterocycles. The van der Waals surface area contributed by atoms with Gasteiger partial charge in [-0.25, -0.2) is 13.1 Å². The van der Waals surface area contributed by atoms with Crippen molar-refractivity contribution in [3.63, 3.8) is 0 Å². The van der Waals surface area contributed by atoms with Gasteiger partial charge in [0.05, 0.1) is 5.25 Å². The van der Waals surface area contributed by atoms with E-state index in [0.29, 0.717) is 6.42 Å². The Hall–Kier alpha value is -0.910. The van der Waals surface area contributed by atoms with Gasteiger partial charge in [0.15, 0.2) is 0 Å². The van der Waals surface area contributed by atoms with Crippen molar-refractivity contribution in [2.24, 2.45) is 5.73 Å². The van der Waals surface area contributed by atoms with Crippen molar-refractivity contribution >= 4 is 10.0 Å². The first-order chi connectivity index (χ1) is 8.42. The van der Waals surface area contributed by atoms with Crippen molar-refractivity contribution in [3.05, 3.63) is 35.4 Å². The quantitative estimate of drug-likeness (QED) is 0.826. The molecule has 0 aliphatic carbocycles. The van der Waals surface area contributed by atoms with E-state index < -0.39 is 15.3 Å². The molecule has 0 radical (unpaired) electrons. The molecule has 4 nitrogen and oxygen atoms in total. The Labute approximate surface area is 110 Å². The van der Waals surface area contributed by atoms with Gasteiger partial charge >= 0.3 is 0 Å². The summed E-state index contributed by atoms with van der Waals surface area (Å²) in [5.74, 6) is 0. The summed E-state index contributed by atoms with van der Waals surface area (Å²) in [6.45, 7) is 5.80. The summed E-state index contributed by atoms with van der Waals surface area (Å²) in [6.07, 6.45) is 0.520. The van der Waals surface area contributed by atoms with Gasteiger partial charge in [-0.05, 0) is 31.4 Å². The second-order valence-corrected chi connectivity index (χ2v) is 6.50. The first kappa shape index (κ1) is 15.1. The lowest BCUT2D eigenvalue weighted by molar-refractivity contribution is 0.547. The second kappa shape index (κ2) is 6.31. The summed E-state index contributed by atoms with van der Waals surface area (Å²) in [4.78, 5) is 0. The molecule has 1 aromatic carbocycles. The molecule has 0 saturated carbocycles. The van der Waals surface area contributed by atoms with E-state index in [9.17, 15) is 8.42 Å². The predicted molar refractivity (Wildman–Crippen MR) is 74.8 cm³/mol. The van der Waals surface area contributed by atoms with E-state index in [1.807, 2.05) is 45.0 Å². The number of nitrogens with one attached hydrogen (secondary N) is 1. The molecule has 0 aliphatic heterocycles. The van der Waals surface area contributed by atoms with E-state index in [-0.39, 0.29) is 12.6 Å². The lowest BCUT2D eigenvalue weighted by atomic mass is 10.0. The number of hydrogen-bond acceptors (Lipinski definition) is 3. The van der Waals surface area contributed by atoms with Gasteiger partial charge in [-0.15, -0.1) is 0 Å². The lowest BCUT2D eigenvalue weighted by Crippen LogP contribution is -2.39. The standard InChI is InChI=1S/C13H22N2O2S/c1-4-12(9-14)18(16,17)15-11(3)13-8-6-5-7-10(13)2/h5-8,11-12,15H,4,9,14H2,1-3H3. The maximum atomic E-state index is 12.1. The molecule has 0 heterocycles. The van der Waals surface area contributed by atoms with Crippen molar-refractivity contribution < 1.29 is 8.42 Å². The summed E-state index contributed by atoms with van der Waals surface area (Å²) in [5, 5.41) is -0.524. The fourth-order valence-electron chi connectivity index (χ4n) is 1.99. The Kier molecular flexibility index (Phi) is 5.31. The third kappa shape index (κ3) is 3.54. The predicted octanol–water partition coefficient (Wildman–Crippen LogP) is 1.71. The third-order valence-electron chi connectivity index (χ3n) is 3.15. The molecule has 2 unspecified atom stereocenters. The molecular formula is C13H22N2O2S. The molecule has 0 amide bonds. The Morgan fingerprint density at radius 2 is 1.94 bits per heavy atom. The van der Waals surface area contributed by atoms with Crippen LogP contribution < -0.4 is 10.5 Å². The van der Waals surface area contributed by atoms with Crippen LogP contribution in [0.4, 0.5) is 0 Å². The molecule has 0 spiro atoms. The van der Waals surface area contributed by atoms with Crippen LogP contribution in [-0.2, 0) is 10.0 Å². The van der Waals surface area contributed by atoms with Crippen LogP contribution in [0, 0.1) is 6.92 Å². The van der Waals surface area contributed by atoms with Crippen molar-refractivity contribution in [1.82, 2.24) is 4.72 Å². The van der Waals surface area contributed by atoms with Crippen molar-refractivity contribution in [3.8, 4) is 0 Å². The molecule has 1 rings (SSSR count). The van der Waals surface area contributed by atoms with E-state index in [2.05, 4.69) is 4.72 Å².